The standard InChI is InChI=1S/C34H41N2O2S2/c1-9-35-26-14-22(3)23(4)15-30(26)39-32(35)13-11-12-24-16-25(21-34(5,6)20-24)17-33-36(10-2)27-18-28(37-7)29(38-8)19-31(27)40-33/h11-19H,9-10,20-21H2,1-8H3/q+1. The normalized spacial score (nSPS) is 18.7. The minimum Gasteiger partial charge on any atom is -0.493 e. The van der Waals surface area contributed by atoms with Crippen molar-refractivity contribution in [2.45, 2.75) is 65.8 Å². The van der Waals surface area contributed by atoms with Crippen molar-refractivity contribution in [3.05, 3.63) is 80.9 Å². The van der Waals surface area contributed by atoms with Gasteiger partial charge in [0.15, 0.2) is 11.5 Å². The molecule has 0 saturated heterocycles. The first-order valence-electron chi connectivity index (χ1n) is 14.1. The van der Waals surface area contributed by atoms with Gasteiger partial charge in [-0.1, -0.05) is 55.2 Å². The third kappa shape index (κ3) is 5.61. The molecule has 1 aliphatic heterocycles. The van der Waals surface area contributed by atoms with Crippen LogP contribution in [0.3, 0.4) is 0 Å². The summed E-state index contributed by atoms with van der Waals surface area (Å²) < 4.78 is 14.9. The van der Waals surface area contributed by atoms with Gasteiger partial charge in [-0.2, -0.15) is 4.57 Å². The van der Waals surface area contributed by atoms with Gasteiger partial charge in [0.2, 0.25) is 5.52 Å². The van der Waals surface area contributed by atoms with Crippen LogP contribution in [0.2, 0.25) is 0 Å². The Labute approximate surface area is 247 Å². The molecule has 0 unspecified atom stereocenters. The second kappa shape index (κ2) is 11.5. The van der Waals surface area contributed by atoms with E-state index in [1.165, 1.54) is 53.1 Å². The minimum absolute atomic E-state index is 0.205. The van der Waals surface area contributed by atoms with Gasteiger partial charge in [-0.3, -0.25) is 0 Å². The Hall–Kier alpha value is -2.96. The lowest BCUT2D eigenvalue weighted by Gasteiger charge is -2.31. The van der Waals surface area contributed by atoms with Crippen LogP contribution in [-0.2, 0) is 6.54 Å². The molecular formula is C34H41N2O2S2+. The average molecular weight is 574 g/mol. The number of aromatic nitrogens is 1. The number of hydrogen-bond donors (Lipinski definition) is 0. The molecule has 0 radical (unpaired) electrons. The highest BCUT2D eigenvalue weighted by Gasteiger charge is 2.29. The highest BCUT2D eigenvalue weighted by molar-refractivity contribution is 8.03. The van der Waals surface area contributed by atoms with Crippen molar-refractivity contribution in [2.75, 3.05) is 25.7 Å². The van der Waals surface area contributed by atoms with Gasteiger partial charge >= 0.3 is 0 Å². The van der Waals surface area contributed by atoms with E-state index in [4.69, 9.17) is 9.47 Å². The number of nitrogens with zero attached hydrogens (tertiary/aromatic N) is 2. The summed E-state index contributed by atoms with van der Waals surface area (Å²) in [6, 6.07) is 8.85. The number of aryl methyl sites for hydroxylation is 3. The number of thioether (sulfide) groups is 1. The van der Waals surface area contributed by atoms with Gasteiger partial charge in [0.25, 0.3) is 5.01 Å². The molecule has 2 heterocycles. The van der Waals surface area contributed by atoms with Crippen molar-refractivity contribution in [3.63, 3.8) is 0 Å². The summed E-state index contributed by atoms with van der Waals surface area (Å²) in [5, 5.41) is 2.55. The molecule has 40 heavy (non-hydrogen) atoms. The lowest BCUT2D eigenvalue weighted by atomic mass is 9.75. The lowest BCUT2D eigenvalue weighted by molar-refractivity contribution is -0.665. The molecule has 0 atom stereocenters. The maximum Gasteiger partial charge on any atom is 0.262 e. The molecule has 0 fully saturated rings. The van der Waals surface area contributed by atoms with Crippen LogP contribution >= 0.6 is 23.1 Å². The van der Waals surface area contributed by atoms with E-state index in [9.17, 15) is 0 Å². The van der Waals surface area contributed by atoms with Crippen LogP contribution < -0.4 is 18.9 Å². The molecule has 4 nitrogen and oxygen atoms in total. The van der Waals surface area contributed by atoms with Crippen molar-refractivity contribution in [1.82, 2.24) is 0 Å². The van der Waals surface area contributed by atoms with E-state index < -0.39 is 0 Å². The van der Waals surface area contributed by atoms with Crippen LogP contribution in [-0.4, -0.2) is 20.8 Å². The van der Waals surface area contributed by atoms with Crippen molar-refractivity contribution in [2.24, 2.45) is 5.41 Å². The number of allylic oxidation sites excluding steroid dienone is 6. The zero-order valence-corrected chi connectivity index (χ0v) is 26.7. The van der Waals surface area contributed by atoms with Gasteiger partial charge in [0, 0.05) is 35.7 Å². The van der Waals surface area contributed by atoms with Crippen LogP contribution in [0.15, 0.2) is 69.6 Å². The van der Waals surface area contributed by atoms with Crippen molar-refractivity contribution in [3.8, 4) is 11.5 Å². The van der Waals surface area contributed by atoms with Crippen LogP contribution in [0.25, 0.3) is 16.3 Å². The molecular weight excluding hydrogens is 533 g/mol. The fourth-order valence-electron chi connectivity index (χ4n) is 5.79. The van der Waals surface area contributed by atoms with Crippen LogP contribution in [0.4, 0.5) is 5.69 Å². The Morgan fingerprint density at radius 3 is 2.42 bits per heavy atom. The number of thiazole rings is 1. The van der Waals surface area contributed by atoms with E-state index in [2.05, 4.69) is 106 Å². The Morgan fingerprint density at radius 1 is 1.00 bits per heavy atom. The number of fused-ring (bicyclic) bond motifs is 2. The molecule has 1 aromatic heterocycles. The highest BCUT2D eigenvalue weighted by atomic mass is 32.2. The molecule has 0 amide bonds. The molecule has 210 valence electrons. The van der Waals surface area contributed by atoms with Gasteiger partial charge in [0.1, 0.15) is 11.2 Å². The lowest BCUT2D eigenvalue weighted by Crippen LogP contribution is -2.33. The zero-order chi connectivity index (χ0) is 28.6. The van der Waals surface area contributed by atoms with Crippen molar-refractivity contribution in [1.29, 1.82) is 0 Å². The predicted molar refractivity (Wildman–Crippen MR) is 172 cm³/mol. The van der Waals surface area contributed by atoms with Crippen LogP contribution in [0.5, 0.6) is 11.5 Å². The summed E-state index contributed by atoms with van der Waals surface area (Å²) in [5.41, 5.74) is 8.18. The summed E-state index contributed by atoms with van der Waals surface area (Å²) in [7, 11) is 3.39. The minimum atomic E-state index is 0.205. The summed E-state index contributed by atoms with van der Waals surface area (Å²) in [4.78, 5) is 3.58. The summed E-state index contributed by atoms with van der Waals surface area (Å²) in [6.45, 7) is 15.5. The Morgan fingerprint density at radius 2 is 1.73 bits per heavy atom. The molecule has 0 N–H and O–H groups in total. The molecule has 2 aliphatic rings. The topological polar surface area (TPSA) is 25.6 Å². The Kier molecular flexibility index (Phi) is 8.21. The van der Waals surface area contributed by atoms with Gasteiger partial charge in [-0.25, -0.2) is 0 Å². The Balaban J connectivity index is 1.45. The summed E-state index contributed by atoms with van der Waals surface area (Å²) >= 11 is 3.69. The van der Waals surface area contributed by atoms with Crippen molar-refractivity contribution < 1.29 is 14.0 Å². The third-order valence-electron chi connectivity index (χ3n) is 7.81. The molecule has 0 saturated carbocycles. The molecule has 3 aromatic rings. The molecule has 2 aromatic carbocycles. The van der Waals surface area contributed by atoms with Crippen LogP contribution in [0, 0.1) is 19.3 Å². The van der Waals surface area contributed by atoms with Gasteiger partial charge < -0.3 is 14.4 Å². The van der Waals surface area contributed by atoms with E-state index in [1.54, 1.807) is 14.2 Å². The van der Waals surface area contributed by atoms with Crippen molar-refractivity contribution >= 4 is 45.1 Å². The number of methoxy groups -OCH3 is 2. The molecule has 6 heteroatoms. The van der Waals surface area contributed by atoms with Gasteiger partial charge in [-0.05, 0) is 80.4 Å². The van der Waals surface area contributed by atoms with E-state index in [-0.39, 0.29) is 5.41 Å². The van der Waals surface area contributed by atoms with E-state index >= 15 is 0 Å². The molecule has 0 spiro atoms. The van der Waals surface area contributed by atoms with Gasteiger partial charge in [-0.15, -0.1) is 0 Å². The second-order valence-corrected chi connectivity index (χ2v) is 13.6. The number of ether oxygens (including phenoxy) is 2. The van der Waals surface area contributed by atoms with E-state index in [0.29, 0.717) is 0 Å². The predicted octanol–water partition coefficient (Wildman–Crippen LogP) is 9.00. The largest absolute Gasteiger partial charge is 0.493 e. The monoisotopic (exact) mass is 573 g/mol. The number of rotatable bonds is 7. The zero-order valence-electron chi connectivity index (χ0n) is 25.1. The summed E-state index contributed by atoms with van der Waals surface area (Å²) in [6.07, 6.45) is 13.7. The first-order valence-corrected chi connectivity index (χ1v) is 15.7. The molecule has 1 aliphatic carbocycles. The maximum absolute atomic E-state index is 5.59. The maximum atomic E-state index is 5.59. The molecule has 5 rings (SSSR count). The first kappa shape index (κ1) is 28.6. The SMILES string of the molecule is CCN1C(=CC2=CC(=CC=Cc3sc4cc(C)c(C)cc4[n+]3CC)CC(C)(C)C2)Sc2cc(OC)c(OC)cc21. The first-order chi connectivity index (χ1) is 19.2. The fourth-order valence-corrected chi connectivity index (χ4v) is 8.22. The van der Waals surface area contributed by atoms with E-state index in [1.807, 2.05) is 23.1 Å². The second-order valence-electron chi connectivity index (χ2n) is 11.4. The molecule has 0 bridgehead atoms. The third-order valence-corrected chi connectivity index (χ3v) is 10.0. The average Bonchev–Trinajstić information content (AvgIpc) is 3.42. The van der Waals surface area contributed by atoms with E-state index in [0.717, 1.165) is 37.4 Å². The fraction of sp³-hybridized carbons (Fsp3) is 0.382. The Bertz CT molecular complexity index is 1570. The highest BCUT2D eigenvalue weighted by Crippen LogP contribution is 2.51. The quantitative estimate of drug-likeness (QED) is 0.263. The van der Waals surface area contributed by atoms with Crippen LogP contribution in [0.1, 0.15) is 56.7 Å². The smallest absolute Gasteiger partial charge is 0.262 e. The number of anilines is 1. The van der Waals surface area contributed by atoms with Gasteiger partial charge in [0.05, 0.1) is 24.9 Å². The number of benzene rings is 2. The number of hydrogen-bond acceptors (Lipinski definition) is 5. The summed E-state index contributed by atoms with van der Waals surface area (Å²) in [5.74, 6) is 1.54.